The van der Waals surface area contributed by atoms with E-state index in [1.807, 2.05) is 31.1 Å². The maximum absolute atomic E-state index is 12.2. The van der Waals surface area contributed by atoms with Crippen LogP contribution in [-0.4, -0.2) is 59.8 Å². The van der Waals surface area contributed by atoms with Crippen molar-refractivity contribution in [3.05, 3.63) is 11.1 Å². The van der Waals surface area contributed by atoms with Gasteiger partial charge in [-0.1, -0.05) is 20.8 Å². The Balaban J connectivity index is 1.89. The summed E-state index contributed by atoms with van der Waals surface area (Å²) in [6.45, 7) is 8.93. The third kappa shape index (κ3) is 4.51. The van der Waals surface area contributed by atoms with E-state index in [0.717, 1.165) is 31.9 Å². The summed E-state index contributed by atoms with van der Waals surface area (Å²) >= 11 is 1.36. The number of thiazole rings is 1. The zero-order chi connectivity index (χ0) is 16.3. The molecule has 1 N–H and O–H groups in total. The Morgan fingerprint density at radius 2 is 1.91 bits per heavy atom. The van der Waals surface area contributed by atoms with Crippen molar-refractivity contribution in [3.8, 4) is 0 Å². The number of aromatic nitrogens is 1. The summed E-state index contributed by atoms with van der Waals surface area (Å²) in [5, 5.41) is 5.19. The van der Waals surface area contributed by atoms with Gasteiger partial charge in [-0.3, -0.25) is 9.59 Å². The van der Waals surface area contributed by atoms with E-state index >= 15 is 0 Å². The molecular weight excluding hydrogens is 300 g/mol. The zero-order valence-electron chi connectivity index (χ0n) is 13.7. The topological polar surface area (TPSA) is 65.5 Å². The van der Waals surface area contributed by atoms with Crippen molar-refractivity contribution in [3.63, 3.8) is 0 Å². The van der Waals surface area contributed by atoms with E-state index in [2.05, 4.69) is 22.2 Å². The Morgan fingerprint density at radius 3 is 2.50 bits per heavy atom. The van der Waals surface area contributed by atoms with Gasteiger partial charge in [-0.15, -0.1) is 11.3 Å². The number of hydrogen-bond acceptors (Lipinski definition) is 5. The van der Waals surface area contributed by atoms with Crippen LogP contribution in [0.5, 0.6) is 0 Å². The molecule has 1 aliphatic rings. The quantitative estimate of drug-likeness (QED) is 0.914. The van der Waals surface area contributed by atoms with Crippen molar-refractivity contribution in [1.29, 1.82) is 0 Å². The number of likely N-dealkylation sites (N-methyl/N-ethyl adjacent to an activating group) is 1. The van der Waals surface area contributed by atoms with Crippen LogP contribution in [0.1, 0.15) is 26.5 Å². The third-order valence-electron chi connectivity index (χ3n) is 3.64. The highest BCUT2D eigenvalue weighted by atomic mass is 32.1. The fourth-order valence-electron chi connectivity index (χ4n) is 2.05. The van der Waals surface area contributed by atoms with E-state index in [4.69, 9.17) is 0 Å². The highest BCUT2D eigenvalue weighted by Gasteiger charge is 2.23. The number of carbonyl (C=O) groups is 2. The minimum Gasteiger partial charge on any atom is -0.340 e. The molecule has 122 valence electrons. The molecule has 0 aromatic carbocycles. The lowest BCUT2D eigenvalue weighted by Gasteiger charge is -2.32. The summed E-state index contributed by atoms with van der Waals surface area (Å²) in [5.74, 6) is 0.0332. The number of hydrogen-bond donors (Lipinski definition) is 1. The van der Waals surface area contributed by atoms with Crippen molar-refractivity contribution < 1.29 is 9.59 Å². The van der Waals surface area contributed by atoms with Gasteiger partial charge in [0, 0.05) is 37.0 Å². The van der Waals surface area contributed by atoms with Gasteiger partial charge in [0.15, 0.2) is 5.13 Å². The van der Waals surface area contributed by atoms with Crippen LogP contribution in [0.3, 0.4) is 0 Å². The first-order chi connectivity index (χ1) is 10.3. The molecule has 22 heavy (non-hydrogen) atoms. The fraction of sp³-hybridized carbons (Fsp3) is 0.667. The molecule has 1 aromatic heterocycles. The maximum atomic E-state index is 12.2. The van der Waals surface area contributed by atoms with Gasteiger partial charge in [-0.25, -0.2) is 4.98 Å². The standard InChI is InChI=1S/C15H24N4O2S/c1-15(2,3)13(21)17-14-16-11(10-22-14)9-12(20)19-7-5-18(4)6-8-19/h10H,5-9H2,1-4H3,(H,16,17,21). The van der Waals surface area contributed by atoms with E-state index in [-0.39, 0.29) is 11.8 Å². The molecule has 2 amide bonds. The largest absolute Gasteiger partial charge is 0.340 e. The normalized spacial score (nSPS) is 16.6. The Morgan fingerprint density at radius 1 is 1.27 bits per heavy atom. The number of anilines is 1. The molecular formula is C15H24N4O2S. The van der Waals surface area contributed by atoms with Gasteiger partial charge in [0.25, 0.3) is 0 Å². The predicted octanol–water partition coefficient (Wildman–Crippen LogP) is 1.44. The van der Waals surface area contributed by atoms with Crippen molar-refractivity contribution >= 4 is 28.3 Å². The average molecular weight is 324 g/mol. The molecule has 2 heterocycles. The summed E-state index contributed by atoms with van der Waals surface area (Å²) in [7, 11) is 2.06. The van der Waals surface area contributed by atoms with E-state index in [0.29, 0.717) is 11.6 Å². The van der Waals surface area contributed by atoms with Gasteiger partial charge in [0.05, 0.1) is 12.1 Å². The van der Waals surface area contributed by atoms with Gasteiger partial charge in [0.1, 0.15) is 0 Å². The number of nitrogens with one attached hydrogen (secondary N) is 1. The first-order valence-electron chi connectivity index (χ1n) is 7.48. The second-order valence-electron chi connectivity index (χ2n) is 6.71. The summed E-state index contributed by atoms with van der Waals surface area (Å²) in [5.41, 5.74) is 0.264. The zero-order valence-corrected chi connectivity index (χ0v) is 14.5. The second-order valence-corrected chi connectivity index (χ2v) is 7.57. The molecule has 0 bridgehead atoms. The molecule has 1 fully saturated rings. The van der Waals surface area contributed by atoms with Crippen molar-refractivity contribution in [2.24, 2.45) is 5.41 Å². The highest BCUT2D eigenvalue weighted by molar-refractivity contribution is 7.13. The molecule has 0 atom stereocenters. The predicted molar refractivity (Wildman–Crippen MR) is 88.0 cm³/mol. The number of piperazine rings is 1. The Bertz CT molecular complexity index is 542. The summed E-state index contributed by atoms with van der Waals surface area (Å²) in [6, 6.07) is 0. The average Bonchev–Trinajstić information content (AvgIpc) is 2.85. The molecule has 7 heteroatoms. The van der Waals surface area contributed by atoms with Crippen LogP contribution in [0, 0.1) is 5.41 Å². The van der Waals surface area contributed by atoms with Crippen molar-refractivity contribution in [2.75, 3.05) is 38.5 Å². The molecule has 6 nitrogen and oxygen atoms in total. The third-order valence-corrected chi connectivity index (χ3v) is 4.45. The first kappa shape index (κ1) is 16.9. The smallest absolute Gasteiger partial charge is 0.231 e. The molecule has 1 aliphatic heterocycles. The van der Waals surface area contributed by atoms with Crippen LogP contribution < -0.4 is 5.32 Å². The van der Waals surface area contributed by atoms with Crippen LogP contribution >= 0.6 is 11.3 Å². The fourth-order valence-corrected chi connectivity index (χ4v) is 2.76. The Labute approximate surface area is 135 Å². The van der Waals surface area contributed by atoms with Gasteiger partial charge in [-0.2, -0.15) is 0 Å². The van der Waals surface area contributed by atoms with Crippen LogP contribution in [0.2, 0.25) is 0 Å². The maximum Gasteiger partial charge on any atom is 0.231 e. The van der Waals surface area contributed by atoms with Crippen LogP contribution in [0.25, 0.3) is 0 Å². The Hall–Kier alpha value is -1.47. The SMILES string of the molecule is CN1CCN(C(=O)Cc2csc(NC(=O)C(C)(C)C)n2)CC1. The second kappa shape index (κ2) is 6.75. The lowest BCUT2D eigenvalue weighted by Crippen LogP contribution is -2.47. The van der Waals surface area contributed by atoms with Gasteiger partial charge >= 0.3 is 0 Å². The lowest BCUT2D eigenvalue weighted by atomic mass is 9.96. The summed E-state index contributed by atoms with van der Waals surface area (Å²) in [6.07, 6.45) is 0.297. The number of rotatable bonds is 3. The van der Waals surface area contributed by atoms with E-state index in [9.17, 15) is 9.59 Å². The van der Waals surface area contributed by atoms with Crippen molar-refractivity contribution in [1.82, 2.24) is 14.8 Å². The van der Waals surface area contributed by atoms with Gasteiger partial charge in [0.2, 0.25) is 11.8 Å². The van der Waals surface area contributed by atoms with Crippen LogP contribution in [0.4, 0.5) is 5.13 Å². The molecule has 0 saturated carbocycles. The molecule has 1 saturated heterocycles. The minimum atomic E-state index is -0.457. The first-order valence-corrected chi connectivity index (χ1v) is 8.36. The molecule has 0 unspecified atom stereocenters. The Kier molecular flexibility index (Phi) is 5.18. The lowest BCUT2D eigenvalue weighted by molar-refractivity contribution is -0.132. The van der Waals surface area contributed by atoms with E-state index < -0.39 is 5.41 Å². The van der Waals surface area contributed by atoms with Gasteiger partial charge < -0.3 is 15.1 Å². The minimum absolute atomic E-state index is 0.0706. The summed E-state index contributed by atoms with van der Waals surface area (Å²) < 4.78 is 0. The molecule has 0 spiro atoms. The highest BCUT2D eigenvalue weighted by Crippen LogP contribution is 2.21. The van der Waals surface area contributed by atoms with Crippen LogP contribution in [0.15, 0.2) is 5.38 Å². The monoisotopic (exact) mass is 324 g/mol. The van der Waals surface area contributed by atoms with E-state index in [1.165, 1.54) is 11.3 Å². The van der Waals surface area contributed by atoms with E-state index in [1.54, 1.807) is 0 Å². The van der Waals surface area contributed by atoms with Crippen LogP contribution in [-0.2, 0) is 16.0 Å². The van der Waals surface area contributed by atoms with Gasteiger partial charge in [-0.05, 0) is 7.05 Å². The molecule has 2 rings (SSSR count). The van der Waals surface area contributed by atoms with Crippen molar-refractivity contribution in [2.45, 2.75) is 27.2 Å². The number of carbonyl (C=O) groups excluding carboxylic acids is 2. The molecule has 0 aliphatic carbocycles. The molecule has 0 radical (unpaired) electrons. The molecule has 1 aromatic rings. The summed E-state index contributed by atoms with van der Waals surface area (Å²) in [4.78, 5) is 32.6. The number of amides is 2. The number of nitrogens with zero attached hydrogens (tertiary/aromatic N) is 3.